The Morgan fingerprint density at radius 3 is 3.08 bits per heavy atom. The van der Waals surface area contributed by atoms with Crippen LogP contribution in [0.3, 0.4) is 0 Å². The molecule has 0 aliphatic rings. The van der Waals surface area contributed by atoms with E-state index >= 15 is 0 Å². The van der Waals surface area contributed by atoms with E-state index in [1.807, 2.05) is 0 Å². The van der Waals surface area contributed by atoms with E-state index in [9.17, 15) is 0 Å². The third kappa shape index (κ3) is 4.41. The molecule has 0 saturated heterocycles. The first-order chi connectivity index (χ1) is 6.33. The van der Waals surface area contributed by atoms with Gasteiger partial charge in [0.05, 0.1) is 0 Å². The summed E-state index contributed by atoms with van der Waals surface area (Å²) < 4.78 is 5.05. The molecule has 74 valence electrons. The standard InChI is InChI=1S/C10H17NOS/c1-9(7-12-2)5-11-6-10-3-4-13-8-10/h3-4,8-9,11H,5-7H2,1-2H3. The molecule has 0 amide bonds. The first-order valence-electron chi connectivity index (χ1n) is 4.53. The van der Waals surface area contributed by atoms with Crippen molar-refractivity contribution in [2.75, 3.05) is 20.3 Å². The highest BCUT2D eigenvalue weighted by atomic mass is 32.1. The minimum atomic E-state index is 0.587. The summed E-state index contributed by atoms with van der Waals surface area (Å²) in [6.45, 7) is 5.00. The maximum Gasteiger partial charge on any atom is 0.0499 e. The number of hydrogen-bond acceptors (Lipinski definition) is 3. The summed E-state index contributed by atoms with van der Waals surface area (Å²) in [7, 11) is 1.75. The Kier molecular flexibility index (Phi) is 5.05. The Balaban J connectivity index is 2.07. The van der Waals surface area contributed by atoms with Crippen molar-refractivity contribution in [1.82, 2.24) is 5.32 Å². The third-order valence-corrected chi connectivity index (χ3v) is 2.59. The Bertz CT molecular complexity index is 211. The van der Waals surface area contributed by atoms with Gasteiger partial charge in [0.1, 0.15) is 0 Å². The molecule has 0 aliphatic heterocycles. The lowest BCUT2D eigenvalue weighted by molar-refractivity contribution is 0.158. The van der Waals surface area contributed by atoms with Gasteiger partial charge >= 0.3 is 0 Å². The van der Waals surface area contributed by atoms with Crippen molar-refractivity contribution in [3.05, 3.63) is 22.4 Å². The van der Waals surface area contributed by atoms with Crippen molar-refractivity contribution in [2.24, 2.45) is 5.92 Å². The SMILES string of the molecule is COCC(C)CNCc1ccsc1. The van der Waals surface area contributed by atoms with Gasteiger partial charge in [-0.1, -0.05) is 6.92 Å². The molecule has 0 radical (unpaired) electrons. The first kappa shape index (κ1) is 10.7. The Hall–Kier alpha value is -0.380. The van der Waals surface area contributed by atoms with Crippen LogP contribution in [-0.2, 0) is 11.3 Å². The second kappa shape index (κ2) is 6.13. The lowest BCUT2D eigenvalue weighted by Gasteiger charge is -2.10. The quantitative estimate of drug-likeness (QED) is 0.757. The van der Waals surface area contributed by atoms with Crippen LogP contribution in [0.2, 0.25) is 0 Å². The molecule has 1 atom stereocenters. The van der Waals surface area contributed by atoms with E-state index in [0.29, 0.717) is 5.92 Å². The molecule has 3 heteroatoms. The van der Waals surface area contributed by atoms with E-state index in [4.69, 9.17) is 4.74 Å². The average molecular weight is 199 g/mol. The molecule has 0 bridgehead atoms. The largest absolute Gasteiger partial charge is 0.384 e. The predicted octanol–water partition coefficient (Wildman–Crippen LogP) is 2.12. The number of hydrogen-bond donors (Lipinski definition) is 1. The molecule has 1 heterocycles. The minimum absolute atomic E-state index is 0.587. The zero-order valence-corrected chi connectivity index (χ0v) is 9.06. The second-order valence-corrected chi connectivity index (χ2v) is 4.10. The second-order valence-electron chi connectivity index (χ2n) is 3.32. The summed E-state index contributed by atoms with van der Waals surface area (Å²) in [6, 6.07) is 2.15. The summed E-state index contributed by atoms with van der Waals surface area (Å²) in [6.07, 6.45) is 0. The van der Waals surface area contributed by atoms with E-state index in [1.54, 1.807) is 18.4 Å². The van der Waals surface area contributed by atoms with Crippen LogP contribution >= 0.6 is 11.3 Å². The number of rotatable bonds is 6. The molecular weight excluding hydrogens is 182 g/mol. The minimum Gasteiger partial charge on any atom is -0.384 e. The summed E-state index contributed by atoms with van der Waals surface area (Å²) in [5.74, 6) is 0.587. The maximum atomic E-state index is 5.05. The van der Waals surface area contributed by atoms with Crippen LogP contribution < -0.4 is 5.32 Å². The summed E-state index contributed by atoms with van der Waals surface area (Å²) >= 11 is 1.74. The van der Waals surface area contributed by atoms with Crippen LogP contribution in [0.4, 0.5) is 0 Å². The van der Waals surface area contributed by atoms with Gasteiger partial charge in [-0.3, -0.25) is 0 Å². The van der Waals surface area contributed by atoms with E-state index in [0.717, 1.165) is 19.7 Å². The lowest BCUT2D eigenvalue weighted by atomic mass is 10.2. The zero-order valence-electron chi connectivity index (χ0n) is 8.25. The van der Waals surface area contributed by atoms with Crippen LogP contribution in [0.15, 0.2) is 16.8 Å². The van der Waals surface area contributed by atoms with Crippen molar-refractivity contribution in [3.63, 3.8) is 0 Å². The molecule has 1 aromatic rings. The fourth-order valence-corrected chi connectivity index (χ4v) is 1.87. The molecule has 0 saturated carbocycles. The Morgan fingerprint density at radius 1 is 1.62 bits per heavy atom. The van der Waals surface area contributed by atoms with Gasteiger partial charge < -0.3 is 10.1 Å². The van der Waals surface area contributed by atoms with Gasteiger partial charge in [-0.25, -0.2) is 0 Å². The molecule has 2 nitrogen and oxygen atoms in total. The third-order valence-electron chi connectivity index (χ3n) is 1.85. The fourth-order valence-electron chi connectivity index (χ4n) is 1.20. The van der Waals surface area contributed by atoms with Crippen molar-refractivity contribution in [2.45, 2.75) is 13.5 Å². The highest BCUT2D eigenvalue weighted by Crippen LogP contribution is 2.05. The molecule has 0 fully saturated rings. The van der Waals surface area contributed by atoms with Crippen molar-refractivity contribution < 1.29 is 4.74 Å². The molecule has 13 heavy (non-hydrogen) atoms. The predicted molar refractivity (Wildman–Crippen MR) is 57.1 cm³/mol. The molecule has 1 rings (SSSR count). The molecule has 1 N–H and O–H groups in total. The van der Waals surface area contributed by atoms with Gasteiger partial charge in [0.25, 0.3) is 0 Å². The fraction of sp³-hybridized carbons (Fsp3) is 0.600. The lowest BCUT2D eigenvalue weighted by Crippen LogP contribution is -2.23. The summed E-state index contributed by atoms with van der Waals surface area (Å²) in [5, 5.41) is 7.68. The first-order valence-corrected chi connectivity index (χ1v) is 5.48. The Labute approximate surface area is 83.9 Å². The smallest absolute Gasteiger partial charge is 0.0499 e. The molecule has 0 aromatic carbocycles. The van der Waals surface area contributed by atoms with Gasteiger partial charge in [-0.05, 0) is 28.3 Å². The summed E-state index contributed by atoms with van der Waals surface area (Å²) in [5.41, 5.74) is 1.37. The van der Waals surface area contributed by atoms with Gasteiger partial charge in [-0.2, -0.15) is 11.3 Å². The molecular formula is C10H17NOS. The average Bonchev–Trinajstić information content (AvgIpc) is 2.57. The van der Waals surface area contributed by atoms with Crippen molar-refractivity contribution >= 4 is 11.3 Å². The normalized spacial score (nSPS) is 13.1. The van der Waals surface area contributed by atoms with Gasteiger partial charge in [0, 0.05) is 26.8 Å². The number of thiophene rings is 1. The summed E-state index contributed by atoms with van der Waals surface area (Å²) in [4.78, 5) is 0. The highest BCUT2D eigenvalue weighted by Gasteiger charge is 2.00. The van der Waals surface area contributed by atoms with Crippen LogP contribution in [0, 0.1) is 5.92 Å². The molecule has 1 aromatic heterocycles. The highest BCUT2D eigenvalue weighted by molar-refractivity contribution is 7.07. The molecule has 0 spiro atoms. The van der Waals surface area contributed by atoms with Crippen molar-refractivity contribution in [1.29, 1.82) is 0 Å². The van der Waals surface area contributed by atoms with Crippen LogP contribution in [0.5, 0.6) is 0 Å². The van der Waals surface area contributed by atoms with Gasteiger partial charge in [-0.15, -0.1) is 0 Å². The van der Waals surface area contributed by atoms with Gasteiger partial charge in [0.15, 0.2) is 0 Å². The van der Waals surface area contributed by atoms with E-state index in [2.05, 4.69) is 29.1 Å². The topological polar surface area (TPSA) is 21.3 Å². The van der Waals surface area contributed by atoms with Gasteiger partial charge in [0.2, 0.25) is 0 Å². The number of methoxy groups -OCH3 is 1. The monoisotopic (exact) mass is 199 g/mol. The number of nitrogens with one attached hydrogen (secondary N) is 1. The molecule has 1 unspecified atom stereocenters. The van der Waals surface area contributed by atoms with Crippen molar-refractivity contribution in [3.8, 4) is 0 Å². The Morgan fingerprint density at radius 2 is 2.46 bits per heavy atom. The maximum absolute atomic E-state index is 5.05. The van der Waals surface area contributed by atoms with Crippen LogP contribution in [0.25, 0.3) is 0 Å². The zero-order chi connectivity index (χ0) is 9.52. The molecule has 0 aliphatic carbocycles. The van der Waals surface area contributed by atoms with E-state index in [1.165, 1.54) is 5.56 Å². The van der Waals surface area contributed by atoms with E-state index < -0.39 is 0 Å². The number of ether oxygens (including phenoxy) is 1. The van der Waals surface area contributed by atoms with E-state index in [-0.39, 0.29) is 0 Å². The van der Waals surface area contributed by atoms with Crippen LogP contribution in [0.1, 0.15) is 12.5 Å². The van der Waals surface area contributed by atoms with Crippen LogP contribution in [-0.4, -0.2) is 20.3 Å².